The molecule has 0 aliphatic rings. The zero-order valence-electron chi connectivity index (χ0n) is 7.98. The van der Waals surface area contributed by atoms with Gasteiger partial charge < -0.3 is 5.11 Å². The monoisotopic (exact) mass is 156 g/mol. The van der Waals surface area contributed by atoms with Crippen LogP contribution in [0.5, 0.6) is 0 Å². The first-order chi connectivity index (χ1) is 5.02. The van der Waals surface area contributed by atoms with Gasteiger partial charge in [0.15, 0.2) is 0 Å². The molecule has 0 saturated carbocycles. The second-order valence-electron chi connectivity index (χ2n) is 4.00. The average molecular weight is 156 g/mol. The summed E-state index contributed by atoms with van der Waals surface area (Å²) in [6.07, 6.45) is 3.34. The molecule has 1 heteroatoms. The minimum atomic E-state index is 0.132. The first kappa shape index (κ1) is 10.7. The first-order valence-electron chi connectivity index (χ1n) is 4.29. The SMILES string of the molecule is C=C(CO)CC(C)(C)CCC. The summed E-state index contributed by atoms with van der Waals surface area (Å²) in [6.45, 7) is 10.5. The Morgan fingerprint density at radius 2 is 2.00 bits per heavy atom. The molecule has 0 aromatic heterocycles. The summed E-state index contributed by atoms with van der Waals surface area (Å²) in [4.78, 5) is 0. The van der Waals surface area contributed by atoms with Crippen LogP contribution in [-0.2, 0) is 0 Å². The molecule has 0 aliphatic heterocycles. The minimum Gasteiger partial charge on any atom is -0.392 e. The molecule has 0 amide bonds. The number of aliphatic hydroxyl groups is 1. The Morgan fingerprint density at radius 1 is 1.45 bits per heavy atom. The highest BCUT2D eigenvalue weighted by atomic mass is 16.3. The summed E-state index contributed by atoms with van der Waals surface area (Å²) in [7, 11) is 0. The van der Waals surface area contributed by atoms with Crippen molar-refractivity contribution in [2.75, 3.05) is 6.61 Å². The van der Waals surface area contributed by atoms with Crippen molar-refractivity contribution >= 4 is 0 Å². The third-order valence-corrected chi connectivity index (χ3v) is 1.88. The molecule has 0 aliphatic carbocycles. The van der Waals surface area contributed by atoms with Crippen LogP contribution < -0.4 is 0 Å². The lowest BCUT2D eigenvalue weighted by atomic mass is 9.82. The van der Waals surface area contributed by atoms with Crippen LogP contribution in [0, 0.1) is 5.41 Å². The maximum Gasteiger partial charge on any atom is 0.0639 e. The first-order valence-corrected chi connectivity index (χ1v) is 4.29. The van der Waals surface area contributed by atoms with Crippen LogP contribution >= 0.6 is 0 Å². The van der Waals surface area contributed by atoms with E-state index in [1.807, 2.05) is 0 Å². The fraction of sp³-hybridized carbons (Fsp3) is 0.800. The molecule has 0 saturated heterocycles. The Hall–Kier alpha value is -0.300. The van der Waals surface area contributed by atoms with Gasteiger partial charge in [-0.05, 0) is 18.3 Å². The van der Waals surface area contributed by atoms with Crippen molar-refractivity contribution in [3.8, 4) is 0 Å². The van der Waals surface area contributed by atoms with Crippen LogP contribution in [0.15, 0.2) is 12.2 Å². The van der Waals surface area contributed by atoms with E-state index in [4.69, 9.17) is 5.11 Å². The molecule has 0 rings (SSSR count). The molecule has 0 atom stereocenters. The molecule has 1 N–H and O–H groups in total. The van der Waals surface area contributed by atoms with Crippen LogP contribution in [0.4, 0.5) is 0 Å². The quantitative estimate of drug-likeness (QED) is 0.607. The van der Waals surface area contributed by atoms with Gasteiger partial charge in [-0.2, -0.15) is 0 Å². The zero-order valence-corrected chi connectivity index (χ0v) is 7.98. The molecule has 0 aromatic carbocycles. The molecular weight excluding hydrogens is 136 g/mol. The van der Waals surface area contributed by atoms with E-state index >= 15 is 0 Å². The van der Waals surface area contributed by atoms with E-state index in [2.05, 4.69) is 27.4 Å². The third kappa shape index (κ3) is 5.02. The highest BCUT2D eigenvalue weighted by Gasteiger charge is 2.16. The number of hydrogen-bond acceptors (Lipinski definition) is 1. The van der Waals surface area contributed by atoms with Crippen LogP contribution in [0.3, 0.4) is 0 Å². The van der Waals surface area contributed by atoms with Gasteiger partial charge in [0, 0.05) is 0 Å². The van der Waals surface area contributed by atoms with Crippen LogP contribution in [0.25, 0.3) is 0 Å². The van der Waals surface area contributed by atoms with Crippen molar-refractivity contribution < 1.29 is 5.11 Å². The highest BCUT2D eigenvalue weighted by Crippen LogP contribution is 2.29. The van der Waals surface area contributed by atoms with Crippen molar-refractivity contribution in [2.24, 2.45) is 5.41 Å². The second-order valence-corrected chi connectivity index (χ2v) is 4.00. The molecular formula is C10H20O. The van der Waals surface area contributed by atoms with E-state index in [1.165, 1.54) is 12.8 Å². The Balaban J connectivity index is 3.80. The minimum absolute atomic E-state index is 0.132. The van der Waals surface area contributed by atoms with Gasteiger partial charge in [-0.15, -0.1) is 0 Å². The molecule has 0 bridgehead atoms. The number of hydrogen-bond donors (Lipinski definition) is 1. The Kier molecular flexibility index (Phi) is 4.43. The van der Waals surface area contributed by atoms with Gasteiger partial charge in [0.2, 0.25) is 0 Å². The maximum absolute atomic E-state index is 8.77. The van der Waals surface area contributed by atoms with E-state index in [0.717, 1.165) is 12.0 Å². The molecule has 1 nitrogen and oxygen atoms in total. The highest BCUT2D eigenvalue weighted by molar-refractivity contribution is 4.97. The van der Waals surface area contributed by atoms with Crippen molar-refractivity contribution in [3.63, 3.8) is 0 Å². The van der Waals surface area contributed by atoms with E-state index in [0.29, 0.717) is 5.41 Å². The Morgan fingerprint density at radius 3 is 2.36 bits per heavy atom. The topological polar surface area (TPSA) is 20.2 Å². The molecule has 0 spiro atoms. The summed E-state index contributed by atoms with van der Waals surface area (Å²) in [5, 5.41) is 8.77. The predicted octanol–water partition coefficient (Wildman–Crippen LogP) is 2.75. The van der Waals surface area contributed by atoms with E-state index in [1.54, 1.807) is 0 Å². The van der Waals surface area contributed by atoms with Crippen LogP contribution in [0.2, 0.25) is 0 Å². The van der Waals surface area contributed by atoms with Gasteiger partial charge in [0.05, 0.1) is 6.61 Å². The van der Waals surface area contributed by atoms with Gasteiger partial charge in [0.1, 0.15) is 0 Å². The fourth-order valence-electron chi connectivity index (χ4n) is 1.50. The van der Waals surface area contributed by atoms with E-state index < -0.39 is 0 Å². The van der Waals surface area contributed by atoms with E-state index in [-0.39, 0.29) is 6.61 Å². The van der Waals surface area contributed by atoms with Gasteiger partial charge in [0.25, 0.3) is 0 Å². The molecule has 0 unspecified atom stereocenters. The smallest absolute Gasteiger partial charge is 0.0639 e. The number of rotatable bonds is 5. The number of aliphatic hydroxyl groups excluding tert-OH is 1. The summed E-state index contributed by atoms with van der Waals surface area (Å²) in [6, 6.07) is 0. The standard InChI is InChI=1S/C10H20O/c1-5-6-10(3,4)7-9(2)8-11/h11H,2,5-8H2,1,3-4H3. The van der Waals surface area contributed by atoms with Crippen molar-refractivity contribution in [3.05, 3.63) is 12.2 Å². The second kappa shape index (κ2) is 4.55. The van der Waals surface area contributed by atoms with Crippen LogP contribution in [0.1, 0.15) is 40.0 Å². The molecule has 11 heavy (non-hydrogen) atoms. The fourth-order valence-corrected chi connectivity index (χ4v) is 1.50. The van der Waals surface area contributed by atoms with Crippen molar-refractivity contribution in [2.45, 2.75) is 40.0 Å². The largest absolute Gasteiger partial charge is 0.392 e. The van der Waals surface area contributed by atoms with Gasteiger partial charge in [-0.25, -0.2) is 0 Å². The zero-order chi connectivity index (χ0) is 8.91. The predicted molar refractivity (Wildman–Crippen MR) is 49.5 cm³/mol. The molecule has 0 heterocycles. The van der Waals surface area contributed by atoms with Crippen molar-refractivity contribution in [1.29, 1.82) is 0 Å². The summed E-state index contributed by atoms with van der Waals surface area (Å²) >= 11 is 0. The van der Waals surface area contributed by atoms with E-state index in [9.17, 15) is 0 Å². The normalized spacial score (nSPS) is 11.6. The van der Waals surface area contributed by atoms with Gasteiger partial charge in [-0.1, -0.05) is 39.3 Å². The molecule has 0 aromatic rings. The lowest BCUT2D eigenvalue weighted by molar-refractivity contribution is 0.282. The summed E-state index contributed by atoms with van der Waals surface area (Å²) in [5.41, 5.74) is 1.26. The average Bonchev–Trinajstić information content (AvgIpc) is 1.86. The lowest BCUT2D eigenvalue weighted by Gasteiger charge is -2.24. The Labute approximate surface area is 70.1 Å². The molecule has 66 valence electrons. The van der Waals surface area contributed by atoms with Gasteiger partial charge >= 0.3 is 0 Å². The summed E-state index contributed by atoms with van der Waals surface area (Å²) in [5.74, 6) is 0. The van der Waals surface area contributed by atoms with Crippen molar-refractivity contribution in [1.82, 2.24) is 0 Å². The van der Waals surface area contributed by atoms with Crippen LogP contribution in [-0.4, -0.2) is 11.7 Å². The Bertz CT molecular complexity index is 125. The third-order valence-electron chi connectivity index (χ3n) is 1.88. The molecule has 0 fully saturated rings. The lowest BCUT2D eigenvalue weighted by Crippen LogP contribution is -2.12. The molecule has 0 radical (unpaired) electrons. The summed E-state index contributed by atoms with van der Waals surface area (Å²) < 4.78 is 0. The van der Waals surface area contributed by atoms with Gasteiger partial charge in [-0.3, -0.25) is 0 Å². The maximum atomic E-state index is 8.77.